The van der Waals surface area contributed by atoms with Crippen molar-refractivity contribution in [3.05, 3.63) is 35.9 Å². The molecule has 0 saturated carbocycles. The van der Waals surface area contributed by atoms with Crippen LogP contribution in [0, 0.1) is 5.41 Å². The Morgan fingerprint density at radius 2 is 1.56 bits per heavy atom. The minimum Gasteiger partial charge on any atom is -0.261 e. The Morgan fingerprint density at radius 1 is 1.06 bits per heavy atom. The van der Waals surface area contributed by atoms with Gasteiger partial charge in [-0.25, -0.2) is 0 Å². The molecule has 0 spiro atoms. The molecule has 0 aromatic heterocycles. The van der Waals surface area contributed by atoms with E-state index in [9.17, 15) is 0 Å². The molecule has 0 aliphatic rings. The molecule has 1 nitrogen and oxygen atoms in total. The minimum atomic E-state index is -0.712. The summed E-state index contributed by atoms with van der Waals surface area (Å²) in [6.07, 6.45) is 7.16. The van der Waals surface area contributed by atoms with E-state index >= 15 is 0 Å². The fourth-order valence-corrected chi connectivity index (χ4v) is 3.80. The summed E-state index contributed by atoms with van der Waals surface area (Å²) in [6.45, 7) is 10.4. The van der Waals surface area contributed by atoms with Gasteiger partial charge in [0.2, 0.25) is 0 Å². The Hall–Kier alpha value is -0.470. The third-order valence-corrected chi connectivity index (χ3v) is 5.42. The van der Waals surface area contributed by atoms with Gasteiger partial charge in [0.25, 0.3) is 0 Å². The fraction of sp³-hybridized carbons (Fsp3) is 0.625. The molecule has 0 N–H and O–H groups in total. The molecule has 1 unspecified atom stereocenters. The summed E-state index contributed by atoms with van der Waals surface area (Å²) in [5, 5.41) is 0. The van der Waals surface area contributed by atoms with Crippen LogP contribution in [-0.4, -0.2) is 29.1 Å². The molecule has 1 aromatic rings. The van der Waals surface area contributed by atoms with E-state index in [2.05, 4.69) is 81.1 Å². The van der Waals surface area contributed by atoms with Crippen molar-refractivity contribution in [3.8, 4) is 0 Å². The highest BCUT2D eigenvalue weighted by Crippen LogP contribution is 2.46. The van der Waals surface area contributed by atoms with E-state index in [4.69, 9.17) is 0 Å². The molecule has 1 rings (SSSR count). The van der Waals surface area contributed by atoms with Gasteiger partial charge in [0.15, 0.2) is 0 Å². The molecule has 0 aliphatic carbocycles. The average Bonchev–Trinajstić information content (AvgIpc) is 2.23. The van der Waals surface area contributed by atoms with Crippen LogP contribution < -0.4 is 0 Å². The molecule has 1 atom stereocenters. The number of nitrogens with zero attached hydrogens (tertiary/aromatic N) is 1. The van der Waals surface area contributed by atoms with Crippen molar-refractivity contribution in [2.24, 2.45) is 5.41 Å². The lowest BCUT2D eigenvalue weighted by Crippen LogP contribution is -2.42. The first-order chi connectivity index (χ1) is 8.12. The summed E-state index contributed by atoms with van der Waals surface area (Å²) in [7, 11) is -0.712. The van der Waals surface area contributed by atoms with Gasteiger partial charge in [-0.1, -0.05) is 51.1 Å². The van der Waals surface area contributed by atoms with Crippen molar-refractivity contribution < 1.29 is 0 Å². The van der Waals surface area contributed by atoms with Gasteiger partial charge in [-0.2, -0.15) is 10.2 Å². The molecular weight excluding hydrogens is 238 g/mol. The SMILES string of the molecule is CC(N(Cc1ccccc1)S(C)(C)C)C(C)(C)C. The van der Waals surface area contributed by atoms with Gasteiger partial charge >= 0.3 is 0 Å². The number of rotatable bonds is 4. The van der Waals surface area contributed by atoms with Gasteiger partial charge in [-0.3, -0.25) is 4.31 Å². The Kier molecular flexibility index (Phi) is 4.90. The predicted octanol–water partition coefficient (Wildman–Crippen LogP) is 4.53. The van der Waals surface area contributed by atoms with Gasteiger partial charge in [0, 0.05) is 12.6 Å². The van der Waals surface area contributed by atoms with Crippen molar-refractivity contribution >= 4 is 10.2 Å². The Bertz CT molecular complexity index is 359. The normalized spacial score (nSPS) is 15.8. The zero-order chi connectivity index (χ0) is 14.0. The van der Waals surface area contributed by atoms with Crippen LogP contribution in [0.1, 0.15) is 33.3 Å². The van der Waals surface area contributed by atoms with E-state index in [0.29, 0.717) is 11.5 Å². The van der Waals surface area contributed by atoms with E-state index in [1.54, 1.807) is 0 Å². The zero-order valence-electron chi connectivity index (χ0n) is 13.0. The first-order valence-electron chi connectivity index (χ1n) is 6.61. The third kappa shape index (κ3) is 4.33. The van der Waals surface area contributed by atoms with Crippen molar-refractivity contribution in [2.75, 3.05) is 18.8 Å². The molecule has 0 saturated heterocycles. The van der Waals surface area contributed by atoms with E-state index in [-0.39, 0.29) is 0 Å². The highest BCUT2D eigenvalue weighted by Gasteiger charge is 2.31. The van der Waals surface area contributed by atoms with E-state index < -0.39 is 10.2 Å². The summed E-state index contributed by atoms with van der Waals surface area (Å²) >= 11 is 0. The van der Waals surface area contributed by atoms with Crippen LogP contribution in [0.25, 0.3) is 0 Å². The fourth-order valence-electron chi connectivity index (χ4n) is 2.00. The largest absolute Gasteiger partial charge is 0.261 e. The van der Waals surface area contributed by atoms with Gasteiger partial charge in [0.1, 0.15) is 0 Å². The van der Waals surface area contributed by atoms with Crippen LogP contribution in [0.15, 0.2) is 30.3 Å². The van der Waals surface area contributed by atoms with Gasteiger partial charge in [-0.15, -0.1) is 0 Å². The first-order valence-corrected chi connectivity index (χ1v) is 9.43. The van der Waals surface area contributed by atoms with Gasteiger partial charge in [-0.05, 0) is 36.7 Å². The third-order valence-electron chi connectivity index (χ3n) is 3.57. The zero-order valence-corrected chi connectivity index (χ0v) is 13.8. The van der Waals surface area contributed by atoms with E-state index in [1.807, 2.05) is 0 Å². The Morgan fingerprint density at radius 3 is 1.94 bits per heavy atom. The summed E-state index contributed by atoms with van der Waals surface area (Å²) in [6, 6.07) is 11.4. The second-order valence-electron chi connectivity index (χ2n) is 6.88. The molecule has 2 heteroatoms. The quantitative estimate of drug-likeness (QED) is 0.774. The number of hydrogen-bond donors (Lipinski definition) is 0. The summed E-state index contributed by atoms with van der Waals surface area (Å²) in [5.74, 6) is 0. The van der Waals surface area contributed by atoms with Gasteiger partial charge < -0.3 is 0 Å². The Labute approximate surface area is 115 Å². The predicted molar refractivity (Wildman–Crippen MR) is 86.3 cm³/mol. The Balaban J connectivity index is 2.94. The molecule has 18 heavy (non-hydrogen) atoms. The number of hydrogen-bond acceptors (Lipinski definition) is 1. The maximum atomic E-state index is 2.68. The van der Waals surface area contributed by atoms with Crippen LogP contribution in [0.2, 0.25) is 0 Å². The first kappa shape index (κ1) is 15.6. The monoisotopic (exact) mass is 267 g/mol. The molecule has 1 aromatic carbocycles. The van der Waals surface area contributed by atoms with E-state index in [1.165, 1.54) is 5.56 Å². The standard InChI is InChI=1S/C16H29NS/c1-14(16(2,3)4)17(18(5,6)7)13-15-11-9-8-10-12-15/h8-12,14H,13H2,1-7H3. The maximum absolute atomic E-state index is 2.68. The van der Waals surface area contributed by atoms with Crippen LogP contribution in [0.5, 0.6) is 0 Å². The lowest BCUT2D eigenvalue weighted by atomic mass is 9.88. The second kappa shape index (κ2) is 5.66. The second-order valence-corrected chi connectivity index (χ2v) is 10.9. The van der Waals surface area contributed by atoms with Crippen molar-refractivity contribution in [1.82, 2.24) is 4.31 Å². The smallest absolute Gasteiger partial charge is 0.0328 e. The van der Waals surface area contributed by atoms with Crippen LogP contribution in [0.4, 0.5) is 0 Å². The molecule has 0 amide bonds. The molecule has 0 bridgehead atoms. The lowest BCUT2D eigenvalue weighted by molar-refractivity contribution is 0.197. The summed E-state index contributed by atoms with van der Waals surface area (Å²) in [4.78, 5) is 0. The average molecular weight is 267 g/mol. The van der Waals surface area contributed by atoms with Crippen LogP contribution in [0.3, 0.4) is 0 Å². The van der Waals surface area contributed by atoms with Crippen molar-refractivity contribution in [1.29, 1.82) is 0 Å². The molecule has 0 heterocycles. The number of benzene rings is 1. The maximum Gasteiger partial charge on any atom is 0.0328 e. The summed E-state index contributed by atoms with van der Waals surface area (Å²) in [5.41, 5.74) is 1.73. The van der Waals surface area contributed by atoms with E-state index in [0.717, 1.165) is 6.54 Å². The minimum absolute atomic E-state index is 0.315. The molecule has 0 fully saturated rings. The molecule has 0 radical (unpaired) electrons. The highest BCUT2D eigenvalue weighted by atomic mass is 32.3. The lowest BCUT2D eigenvalue weighted by Gasteiger charge is -2.48. The van der Waals surface area contributed by atoms with Crippen LogP contribution >= 0.6 is 10.2 Å². The van der Waals surface area contributed by atoms with Gasteiger partial charge in [0.05, 0.1) is 0 Å². The topological polar surface area (TPSA) is 3.24 Å². The molecule has 104 valence electrons. The molecular formula is C16H29NS. The van der Waals surface area contributed by atoms with Crippen molar-refractivity contribution in [3.63, 3.8) is 0 Å². The highest BCUT2D eigenvalue weighted by molar-refractivity contribution is 8.30. The molecule has 0 aliphatic heterocycles. The summed E-state index contributed by atoms with van der Waals surface area (Å²) < 4.78 is 2.68. The van der Waals surface area contributed by atoms with Crippen molar-refractivity contribution in [2.45, 2.75) is 40.3 Å². The van der Waals surface area contributed by atoms with Crippen LogP contribution in [-0.2, 0) is 6.54 Å².